The van der Waals surface area contributed by atoms with E-state index in [0.717, 1.165) is 31.6 Å². The molecule has 2 aromatic heterocycles. The highest BCUT2D eigenvalue weighted by Crippen LogP contribution is 2.37. The van der Waals surface area contributed by atoms with Crippen LogP contribution in [0.2, 0.25) is 0 Å². The van der Waals surface area contributed by atoms with E-state index in [4.69, 9.17) is 10.4 Å². The summed E-state index contributed by atoms with van der Waals surface area (Å²) in [4.78, 5) is 18.3. The zero-order valence-electron chi connectivity index (χ0n) is 14.8. The number of pyridine rings is 1. The predicted molar refractivity (Wildman–Crippen MR) is 105 cm³/mol. The Morgan fingerprint density at radius 2 is 2.08 bits per heavy atom. The molecule has 6 heteroatoms. The number of benzene rings is 1. The van der Waals surface area contributed by atoms with E-state index in [9.17, 15) is 4.79 Å². The Hall–Kier alpha value is -2.91. The minimum Gasteiger partial charge on any atom is -0.346 e. The molecule has 1 aromatic carbocycles. The van der Waals surface area contributed by atoms with Crippen molar-refractivity contribution in [1.82, 2.24) is 15.2 Å². The molecule has 0 aliphatic carbocycles. The number of hydrogen-bond donors (Lipinski definition) is 2. The van der Waals surface area contributed by atoms with Crippen LogP contribution in [-0.4, -0.2) is 28.8 Å². The van der Waals surface area contributed by atoms with Crippen molar-refractivity contribution in [2.45, 2.75) is 25.8 Å². The summed E-state index contributed by atoms with van der Waals surface area (Å²) in [5.74, 6) is 5.95. The molecule has 1 amide bonds. The van der Waals surface area contributed by atoms with Crippen molar-refractivity contribution in [3.8, 4) is 11.8 Å². The Bertz CT molecular complexity index is 1120. The third kappa shape index (κ3) is 2.52. The lowest BCUT2D eigenvalue weighted by Crippen LogP contribution is -2.58. The van der Waals surface area contributed by atoms with Crippen LogP contribution in [0.5, 0.6) is 0 Å². The Balaban J connectivity index is 1.87. The Kier molecular flexibility index (Phi) is 3.70. The van der Waals surface area contributed by atoms with E-state index in [2.05, 4.69) is 35.4 Å². The molecule has 1 aliphatic heterocycles. The largest absolute Gasteiger partial charge is 0.346 e. The fraction of sp³-hybridized carbons (Fsp3) is 0.250. The van der Waals surface area contributed by atoms with Gasteiger partial charge in [-0.15, -0.1) is 11.3 Å². The van der Waals surface area contributed by atoms with E-state index < -0.39 is 5.54 Å². The van der Waals surface area contributed by atoms with Gasteiger partial charge in [-0.3, -0.25) is 15.1 Å². The third-order valence-electron chi connectivity index (χ3n) is 4.81. The van der Waals surface area contributed by atoms with Crippen LogP contribution in [0.15, 0.2) is 30.3 Å². The number of carbonyl (C=O) groups is 1. The normalized spacial score (nSPS) is 20.2. The van der Waals surface area contributed by atoms with Crippen molar-refractivity contribution in [3.05, 3.63) is 41.6 Å². The molecule has 3 heterocycles. The maximum Gasteiger partial charge on any atom is 0.231 e. The van der Waals surface area contributed by atoms with Crippen LogP contribution in [0.4, 0.5) is 0 Å². The van der Waals surface area contributed by atoms with Gasteiger partial charge < -0.3 is 5.32 Å². The standard InChI is InChI=1S/C20H18N4OS/c1-4-5-13-7-9-16-18(22-13)14-10-12(6-8-15(14)26-16)20(2)11-17(25)24(3)19(21)23-20/h6-10H,11H2,1-3H3,(H2,21,23)/t20-/m0/s1. The number of hydrogen-bond acceptors (Lipinski definition) is 4. The number of thiophene rings is 1. The fourth-order valence-corrected chi connectivity index (χ4v) is 4.32. The molecule has 4 rings (SSSR count). The molecule has 0 bridgehead atoms. The quantitative estimate of drug-likeness (QED) is 0.652. The lowest BCUT2D eigenvalue weighted by Gasteiger charge is -2.39. The zero-order chi connectivity index (χ0) is 18.5. The molecule has 0 spiro atoms. The summed E-state index contributed by atoms with van der Waals surface area (Å²) < 4.78 is 2.26. The number of rotatable bonds is 1. The van der Waals surface area contributed by atoms with E-state index in [-0.39, 0.29) is 11.9 Å². The smallest absolute Gasteiger partial charge is 0.231 e. The monoisotopic (exact) mass is 362 g/mol. The Morgan fingerprint density at radius 1 is 1.31 bits per heavy atom. The summed E-state index contributed by atoms with van der Waals surface area (Å²) in [6, 6.07) is 10.2. The number of fused-ring (bicyclic) bond motifs is 3. The maximum absolute atomic E-state index is 12.3. The van der Waals surface area contributed by atoms with Gasteiger partial charge >= 0.3 is 0 Å². The van der Waals surface area contributed by atoms with Crippen LogP contribution in [0.1, 0.15) is 31.5 Å². The first-order valence-electron chi connectivity index (χ1n) is 8.31. The van der Waals surface area contributed by atoms with Gasteiger partial charge in [0.25, 0.3) is 0 Å². The van der Waals surface area contributed by atoms with E-state index in [1.807, 2.05) is 19.1 Å². The van der Waals surface area contributed by atoms with Crippen LogP contribution < -0.4 is 5.32 Å². The molecule has 1 saturated heterocycles. The van der Waals surface area contributed by atoms with Crippen molar-refractivity contribution < 1.29 is 4.79 Å². The number of nitrogens with one attached hydrogen (secondary N) is 2. The summed E-state index contributed by atoms with van der Waals surface area (Å²) in [7, 11) is 1.62. The number of aromatic nitrogens is 1. The molecule has 0 saturated carbocycles. The van der Waals surface area contributed by atoms with Crippen LogP contribution in [-0.2, 0) is 10.3 Å². The minimum atomic E-state index is -0.607. The number of guanidine groups is 1. The highest BCUT2D eigenvalue weighted by molar-refractivity contribution is 7.25. The van der Waals surface area contributed by atoms with Gasteiger partial charge in [-0.25, -0.2) is 4.98 Å². The lowest BCUT2D eigenvalue weighted by atomic mass is 9.86. The molecule has 0 radical (unpaired) electrons. The second-order valence-corrected chi connectivity index (χ2v) is 7.75. The van der Waals surface area contributed by atoms with Crippen LogP contribution >= 0.6 is 11.3 Å². The number of nitrogens with zero attached hydrogens (tertiary/aromatic N) is 2. The summed E-state index contributed by atoms with van der Waals surface area (Å²) in [6.07, 6.45) is 0.305. The summed E-state index contributed by atoms with van der Waals surface area (Å²) in [5, 5.41) is 12.3. The highest BCUT2D eigenvalue weighted by atomic mass is 32.1. The molecular formula is C20H18N4OS. The summed E-state index contributed by atoms with van der Waals surface area (Å²) in [5.41, 5.74) is 2.06. The Labute approximate surface area is 155 Å². The first-order valence-corrected chi connectivity index (χ1v) is 9.13. The second kappa shape index (κ2) is 5.82. The van der Waals surface area contributed by atoms with E-state index in [1.165, 1.54) is 4.90 Å². The first-order chi connectivity index (χ1) is 12.4. The molecule has 130 valence electrons. The SMILES string of the molecule is CC#Cc1ccc2sc3ccc([C@]4(C)CC(=O)N(C)C(=N)N4)cc3c2n1. The van der Waals surface area contributed by atoms with Crippen LogP contribution in [0, 0.1) is 17.3 Å². The van der Waals surface area contributed by atoms with Gasteiger partial charge in [0.2, 0.25) is 5.91 Å². The molecular weight excluding hydrogens is 344 g/mol. The predicted octanol–water partition coefficient (Wildman–Crippen LogP) is 3.42. The van der Waals surface area contributed by atoms with E-state index in [0.29, 0.717) is 6.42 Å². The third-order valence-corrected chi connectivity index (χ3v) is 5.94. The lowest BCUT2D eigenvalue weighted by molar-refractivity contribution is -0.129. The molecule has 1 atom stereocenters. The highest BCUT2D eigenvalue weighted by Gasteiger charge is 2.38. The minimum absolute atomic E-state index is 0.0647. The van der Waals surface area contributed by atoms with Crippen molar-refractivity contribution in [3.63, 3.8) is 0 Å². The van der Waals surface area contributed by atoms with Gasteiger partial charge in [0, 0.05) is 17.1 Å². The molecule has 1 fully saturated rings. The second-order valence-electron chi connectivity index (χ2n) is 6.67. The van der Waals surface area contributed by atoms with Gasteiger partial charge in [0.15, 0.2) is 5.96 Å². The van der Waals surface area contributed by atoms with Gasteiger partial charge in [-0.2, -0.15) is 0 Å². The molecule has 0 unspecified atom stereocenters. The van der Waals surface area contributed by atoms with Crippen molar-refractivity contribution in [2.24, 2.45) is 0 Å². The molecule has 2 N–H and O–H groups in total. The van der Waals surface area contributed by atoms with Crippen molar-refractivity contribution >= 4 is 43.5 Å². The maximum atomic E-state index is 12.3. The van der Waals surface area contributed by atoms with Crippen molar-refractivity contribution in [1.29, 1.82) is 5.41 Å². The topological polar surface area (TPSA) is 69.1 Å². The van der Waals surface area contributed by atoms with Gasteiger partial charge in [-0.05, 0) is 49.6 Å². The van der Waals surface area contributed by atoms with Gasteiger partial charge in [0.1, 0.15) is 5.69 Å². The van der Waals surface area contributed by atoms with Crippen LogP contribution in [0.3, 0.4) is 0 Å². The summed E-state index contributed by atoms with van der Waals surface area (Å²) in [6.45, 7) is 3.76. The molecule has 1 aliphatic rings. The van der Waals surface area contributed by atoms with Gasteiger partial charge in [0.05, 0.1) is 22.2 Å². The van der Waals surface area contributed by atoms with Crippen molar-refractivity contribution in [2.75, 3.05) is 7.05 Å². The average molecular weight is 362 g/mol. The van der Waals surface area contributed by atoms with E-state index >= 15 is 0 Å². The average Bonchev–Trinajstić information content (AvgIpc) is 2.97. The molecule has 26 heavy (non-hydrogen) atoms. The molecule has 3 aromatic rings. The Morgan fingerprint density at radius 3 is 2.81 bits per heavy atom. The first kappa shape index (κ1) is 16.6. The fourth-order valence-electron chi connectivity index (χ4n) is 3.29. The zero-order valence-corrected chi connectivity index (χ0v) is 15.6. The number of amides is 1. The van der Waals surface area contributed by atoms with Crippen LogP contribution in [0.25, 0.3) is 20.3 Å². The van der Waals surface area contributed by atoms with E-state index in [1.54, 1.807) is 25.3 Å². The van der Waals surface area contributed by atoms with Gasteiger partial charge in [-0.1, -0.05) is 12.0 Å². The summed E-state index contributed by atoms with van der Waals surface area (Å²) >= 11 is 1.70. The molecule has 5 nitrogen and oxygen atoms in total. The number of carbonyl (C=O) groups excluding carboxylic acids is 1.